The van der Waals surface area contributed by atoms with Crippen LogP contribution in [0.15, 0.2) is 48.5 Å². The maximum Gasteiger partial charge on any atom is 0.494 e. The van der Waals surface area contributed by atoms with Crippen LogP contribution in [-0.4, -0.2) is 41.3 Å². The highest BCUT2D eigenvalue weighted by Crippen LogP contribution is 2.36. The Morgan fingerprint density at radius 2 is 1.60 bits per heavy atom. The van der Waals surface area contributed by atoms with Crippen molar-refractivity contribution in [1.29, 1.82) is 0 Å². The van der Waals surface area contributed by atoms with Gasteiger partial charge in [0.05, 0.1) is 16.8 Å². The monoisotopic (exact) mass is 413 g/mol. The van der Waals surface area contributed by atoms with Gasteiger partial charge < -0.3 is 19.7 Å². The lowest BCUT2D eigenvalue weighted by atomic mass is 9.78. The third-order valence-corrected chi connectivity index (χ3v) is 5.67. The lowest BCUT2D eigenvalue weighted by Gasteiger charge is -2.32. The van der Waals surface area contributed by atoms with Crippen molar-refractivity contribution in [2.24, 2.45) is 0 Å². The number of carbonyl (C=O) groups is 2. The molecule has 1 atom stereocenters. The fourth-order valence-electron chi connectivity index (χ4n) is 3.11. The van der Waals surface area contributed by atoms with Gasteiger partial charge in [-0.25, -0.2) is 9.18 Å². The van der Waals surface area contributed by atoms with Crippen molar-refractivity contribution < 1.29 is 28.4 Å². The van der Waals surface area contributed by atoms with Gasteiger partial charge in [-0.05, 0) is 50.9 Å². The number of benzene rings is 2. The molecule has 2 aromatic carbocycles. The number of aliphatic carboxylic acids is 1. The second-order valence-corrected chi connectivity index (χ2v) is 8.38. The second kappa shape index (κ2) is 8.20. The van der Waals surface area contributed by atoms with E-state index in [0.717, 1.165) is 11.5 Å². The first kappa shape index (κ1) is 22.0. The van der Waals surface area contributed by atoms with Crippen molar-refractivity contribution >= 4 is 24.5 Å². The molecule has 0 bridgehead atoms. The van der Waals surface area contributed by atoms with E-state index >= 15 is 0 Å². The number of halogens is 1. The van der Waals surface area contributed by atoms with Crippen LogP contribution in [0.25, 0.3) is 0 Å². The fraction of sp³-hybridized carbons (Fsp3) is 0.364. The zero-order chi connectivity index (χ0) is 22.1. The van der Waals surface area contributed by atoms with Gasteiger partial charge in [0.2, 0.25) is 0 Å². The lowest BCUT2D eigenvalue weighted by molar-refractivity contribution is -0.139. The molecule has 3 rings (SSSR count). The van der Waals surface area contributed by atoms with E-state index in [1.807, 2.05) is 39.8 Å². The quantitative estimate of drug-likeness (QED) is 0.712. The molecule has 30 heavy (non-hydrogen) atoms. The molecule has 8 heteroatoms. The fourth-order valence-corrected chi connectivity index (χ4v) is 3.11. The molecule has 1 aliphatic rings. The van der Waals surface area contributed by atoms with E-state index in [1.165, 1.54) is 18.2 Å². The van der Waals surface area contributed by atoms with Gasteiger partial charge in [-0.1, -0.05) is 36.4 Å². The molecule has 0 aromatic heterocycles. The molecule has 1 fully saturated rings. The number of rotatable bonds is 6. The molecule has 1 aliphatic heterocycles. The topological polar surface area (TPSA) is 84.9 Å². The molecule has 0 unspecified atom stereocenters. The van der Waals surface area contributed by atoms with E-state index in [4.69, 9.17) is 9.31 Å². The van der Waals surface area contributed by atoms with Crippen molar-refractivity contribution in [2.45, 2.75) is 51.4 Å². The molecule has 1 amide bonds. The van der Waals surface area contributed by atoms with Crippen LogP contribution in [0.2, 0.25) is 0 Å². The van der Waals surface area contributed by atoms with Crippen LogP contribution < -0.4 is 10.8 Å². The molecule has 0 radical (unpaired) electrons. The van der Waals surface area contributed by atoms with E-state index < -0.39 is 42.1 Å². The average molecular weight is 413 g/mol. The van der Waals surface area contributed by atoms with Crippen molar-refractivity contribution in [2.75, 3.05) is 0 Å². The van der Waals surface area contributed by atoms with Crippen molar-refractivity contribution in [3.63, 3.8) is 0 Å². The number of nitrogens with one attached hydrogen (secondary N) is 1. The molecular formula is C22H25BFNO5. The number of carbonyl (C=O) groups excluding carboxylic acids is 1. The van der Waals surface area contributed by atoms with Crippen LogP contribution >= 0.6 is 0 Å². The number of carboxylic acids is 1. The summed E-state index contributed by atoms with van der Waals surface area (Å²) in [6, 6.07) is 11.4. The van der Waals surface area contributed by atoms with Crippen LogP contribution in [0.4, 0.5) is 4.39 Å². The Labute approximate surface area is 175 Å². The van der Waals surface area contributed by atoms with Gasteiger partial charge >= 0.3 is 13.1 Å². The summed E-state index contributed by atoms with van der Waals surface area (Å²) in [7, 11) is -0.514. The summed E-state index contributed by atoms with van der Waals surface area (Å²) in [5, 5.41) is 11.9. The third-order valence-electron chi connectivity index (χ3n) is 5.67. The molecule has 1 saturated heterocycles. The van der Waals surface area contributed by atoms with Gasteiger partial charge in [-0.3, -0.25) is 4.79 Å². The van der Waals surface area contributed by atoms with Gasteiger partial charge in [0.15, 0.2) is 0 Å². The number of amides is 1. The molecule has 2 aromatic rings. The summed E-state index contributed by atoms with van der Waals surface area (Å²) in [5.74, 6) is -2.67. The Balaban J connectivity index is 1.69. The minimum Gasteiger partial charge on any atom is -0.480 e. The molecule has 0 saturated carbocycles. The van der Waals surface area contributed by atoms with Gasteiger partial charge in [0, 0.05) is 6.42 Å². The number of hydrogen-bond acceptors (Lipinski definition) is 4. The maximum absolute atomic E-state index is 13.8. The summed E-state index contributed by atoms with van der Waals surface area (Å²) >= 11 is 0. The first-order valence-electron chi connectivity index (χ1n) is 9.73. The normalized spacial score (nSPS) is 18.1. The van der Waals surface area contributed by atoms with Crippen LogP contribution in [0.1, 0.15) is 43.6 Å². The molecule has 0 spiro atoms. The predicted molar refractivity (Wildman–Crippen MR) is 111 cm³/mol. The highest BCUT2D eigenvalue weighted by Gasteiger charge is 2.51. The average Bonchev–Trinajstić information content (AvgIpc) is 2.89. The predicted octanol–water partition coefficient (Wildman–Crippen LogP) is 2.55. The first-order valence-corrected chi connectivity index (χ1v) is 9.73. The Morgan fingerprint density at radius 1 is 1.03 bits per heavy atom. The lowest BCUT2D eigenvalue weighted by Crippen LogP contribution is -2.42. The maximum atomic E-state index is 13.8. The van der Waals surface area contributed by atoms with Crippen molar-refractivity contribution in [3.8, 4) is 0 Å². The summed E-state index contributed by atoms with van der Waals surface area (Å²) in [6.45, 7) is 7.88. The van der Waals surface area contributed by atoms with E-state index in [0.29, 0.717) is 5.56 Å². The zero-order valence-electron chi connectivity index (χ0n) is 17.4. The Hall–Kier alpha value is -2.71. The number of carboxylic acid groups (broad SMARTS) is 1. The molecule has 158 valence electrons. The highest BCUT2D eigenvalue weighted by molar-refractivity contribution is 6.62. The Morgan fingerprint density at radius 3 is 2.13 bits per heavy atom. The molecule has 6 nitrogen and oxygen atoms in total. The van der Waals surface area contributed by atoms with Crippen LogP contribution in [0.5, 0.6) is 0 Å². The highest BCUT2D eigenvalue weighted by atomic mass is 19.1. The van der Waals surface area contributed by atoms with E-state index in [9.17, 15) is 19.1 Å². The molecule has 0 aliphatic carbocycles. The Kier molecular flexibility index (Phi) is 6.01. The smallest absolute Gasteiger partial charge is 0.480 e. The van der Waals surface area contributed by atoms with Crippen LogP contribution in [0.3, 0.4) is 0 Å². The van der Waals surface area contributed by atoms with Crippen LogP contribution in [0, 0.1) is 5.82 Å². The zero-order valence-corrected chi connectivity index (χ0v) is 17.4. The van der Waals surface area contributed by atoms with E-state index in [2.05, 4.69) is 5.32 Å². The molecule has 1 heterocycles. The minimum atomic E-state index is -1.20. The van der Waals surface area contributed by atoms with Gasteiger partial charge in [0.1, 0.15) is 11.9 Å². The second-order valence-electron chi connectivity index (χ2n) is 8.38. The first-order chi connectivity index (χ1) is 14.0. The molecule has 2 N–H and O–H groups in total. The minimum absolute atomic E-state index is 0.0547. The van der Waals surface area contributed by atoms with Crippen molar-refractivity contribution in [3.05, 3.63) is 65.5 Å². The van der Waals surface area contributed by atoms with E-state index in [-0.39, 0.29) is 12.0 Å². The Bertz CT molecular complexity index is 929. The SMILES string of the molecule is CC1(C)OB(c2ccc(C[C@@H](NC(=O)c3ccccc3F)C(=O)O)cc2)OC1(C)C. The summed E-state index contributed by atoms with van der Waals surface area (Å²) in [6.07, 6.45) is 0.0547. The van der Waals surface area contributed by atoms with Crippen LogP contribution in [-0.2, 0) is 20.5 Å². The van der Waals surface area contributed by atoms with Gasteiger partial charge in [-0.2, -0.15) is 0 Å². The van der Waals surface area contributed by atoms with E-state index in [1.54, 1.807) is 12.1 Å². The summed E-state index contributed by atoms with van der Waals surface area (Å²) in [4.78, 5) is 23.9. The standard InChI is InChI=1S/C22H25BFNO5/c1-21(2)22(3,4)30-23(29-21)15-11-9-14(10-12-15)13-18(20(27)28)25-19(26)16-7-5-6-8-17(16)24/h5-12,18H,13H2,1-4H3,(H,25,26)(H,27,28)/t18-/m1/s1. The van der Waals surface area contributed by atoms with Gasteiger partial charge in [0.25, 0.3) is 5.91 Å². The van der Waals surface area contributed by atoms with Gasteiger partial charge in [-0.15, -0.1) is 0 Å². The largest absolute Gasteiger partial charge is 0.494 e. The summed E-state index contributed by atoms with van der Waals surface area (Å²) in [5.41, 5.74) is 0.416. The number of hydrogen-bond donors (Lipinski definition) is 2. The third kappa shape index (κ3) is 4.55. The summed E-state index contributed by atoms with van der Waals surface area (Å²) < 4.78 is 25.8. The molecular weight excluding hydrogens is 388 g/mol. The van der Waals surface area contributed by atoms with Crippen molar-refractivity contribution in [1.82, 2.24) is 5.32 Å².